The van der Waals surface area contributed by atoms with Crippen LogP contribution in [-0.4, -0.2) is 28.4 Å². The minimum Gasteiger partial charge on any atom is -0.363 e. The zero-order valence-corrected chi connectivity index (χ0v) is 12.2. The van der Waals surface area contributed by atoms with Crippen LogP contribution in [0.5, 0.6) is 0 Å². The van der Waals surface area contributed by atoms with Crippen LogP contribution in [0.3, 0.4) is 0 Å². The zero-order valence-electron chi connectivity index (χ0n) is 10.6. The van der Waals surface area contributed by atoms with Gasteiger partial charge in [0.15, 0.2) is 4.34 Å². The number of nitrogens with zero attached hydrogens (tertiary/aromatic N) is 2. The van der Waals surface area contributed by atoms with E-state index in [0.29, 0.717) is 0 Å². The second-order valence-electron chi connectivity index (χ2n) is 3.74. The Morgan fingerprint density at radius 3 is 2.68 bits per heavy atom. The lowest BCUT2D eigenvalue weighted by molar-refractivity contribution is -0.115. The third-order valence-electron chi connectivity index (χ3n) is 2.31. The molecule has 0 bridgehead atoms. The van der Waals surface area contributed by atoms with Gasteiger partial charge in [-0.15, -0.1) is 10.2 Å². The number of benzene rings is 1. The van der Waals surface area contributed by atoms with Gasteiger partial charge in [0, 0.05) is 12.7 Å². The van der Waals surface area contributed by atoms with E-state index in [-0.39, 0.29) is 11.2 Å². The second-order valence-corrected chi connectivity index (χ2v) is 6.30. The first-order chi connectivity index (χ1) is 9.19. The molecule has 5 nitrogen and oxygen atoms in total. The summed E-state index contributed by atoms with van der Waals surface area (Å²) in [5, 5.41) is 14.2. The summed E-state index contributed by atoms with van der Waals surface area (Å²) in [4.78, 5) is 12.0. The molecule has 0 spiro atoms. The molecule has 0 fully saturated rings. The molecule has 1 atom stereocenters. The van der Waals surface area contributed by atoms with Crippen molar-refractivity contribution < 1.29 is 4.79 Å². The first-order valence-electron chi connectivity index (χ1n) is 5.73. The molecule has 0 saturated heterocycles. The molecule has 0 aliphatic heterocycles. The number of hydrogen-bond acceptors (Lipinski definition) is 6. The van der Waals surface area contributed by atoms with Crippen molar-refractivity contribution in [1.82, 2.24) is 10.2 Å². The predicted molar refractivity (Wildman–Crippen MR) is 79.8 cm³/mol. The van der Waals surface area contributed by atoms with Crippen LogP contribution >= 0.6 is 23.1 Å². The summed E-state index contributed by atoms with van der Waals surface area (Å²) in [6.45, 7) is 1.85. The van der Waals surface area contributed by atoms with E-state index >= 15 is 0 Å². The Morgan fingerprint density at radius 1 is 1.32 bits per heavy atom. The van der Waals surface area contributed by atoms with Crippen molar-refractivity contribution >= 4 is 39.8 Å². The fourth-order valence-electron chi connectivity index (χ4n) is 1.33. The number of aromatic nitrogens is 2. The van der Waals surface area contributed by atoms with E-state index in [4.69, 9.17) is 0 Å². The first kappa shape index (κ1) is 13.8. The molecule has 2 aromatic rings. The van der Waals surface area contributed by atoms with Gasteiger partial charge in [0.25, 0.3) is 0 Å². The summed E-state index contributed by atoms with van der Waals surface area (Å²) in [5.41, 5.74) is 0.799. The number of amides is 1. The van der Waals surface area contributed by atoms with E-state index in [1.807, 2.05) is 37.3 Å². The fraction of sp³-hybridized carbons (Fsp3) is 0.250. The summed E-state index contributed by atoms with van der Waals surface area (Å²) < 4.78 is 0.778. The van der Waals surface area contributed by atoms with E-state index in [1.165, 1.54) is 23.1 Å². The summed E-state index contributed by atoms with van der Waals surface area (Å²) in [7, 11) is 1.79. The molecule has 100 valence electrons. The highest BCUT2D eigenvalue weighted by Gasteiger charge is 2.17. The van der Waals surface area contributed by atoms with Crippen LogP contribution in [-0.2, 0) is 4.79 Å². The molecule has 0 aliphatic carbocycles. The Bertz CT molecular complexity index is 544. The number of anilines is 2. The molecular formula is C12H14N4OS2. The van der Waals surface area contributed by atoms with Crippen molar-refractivity contribution in [2.45, 2.75) is 16.5 Å². The summed E-state index contributed by atoms with van der Waals surface area (Å²) in [6, 6.07) is 9.40. The smallest absolute Gasteiger partial charge is 0.237 e. The van der Waals surface area contributed by atoms with Crippen molar-refractivity contribution in [2.75, 3.05) is 17.7 Å². The summed E-state index contributed by atoms with van der Waals surface area (Å²) >= 11 is 2.83. The quantitative estimate of drug-likeness (QED) is 0.830. The highest BCUT2D eigenvalue weighted by Crippen LogP contribution is 2.29. The van der Waals surface area contributed by atoms with Gasteiger partial charge in [-0.05, 0) is 19.1 Å². The van der Waals surface area contributed by atoms with E-state index < -0.39 is 0 Å². The lowest BCUT2D eigenvalue weighted by Gasteiger charge is -2.09. The molecule has 0 radical (unpaired) electrons. The second kappa shape index (κ2) is 6.53. The fourth-order valence-corrected chi connectivity index (χ4v) is 3.18. The molecule has 0 aliphatic rings. The van der Waals surface area contributed by atoms with Crippen molar-refractivity contribution in [3.05, 3.63) is 30.3 Å². The minimum atomic E-state index is -0.224. The predicted octanol–water partition coefficient (Wildman–Crippen LogP) is 2.70. The van der Waals surface area contributed by atoms with Gasteiger partial charge in [-0.2, -0.15) is 0 Å². The van der Waals surface area contributed by atoms with Crippen molar-refractivity contribution in [3.8, 4) is 0 Å². The van der Waals surface area contributed by atoms with Gasteiger partial charge >= 0.3 is 0 Å². The Labute approximate surface area is 119 Å². The third-order valence-corrected chi connectivity index (χ3v) is 4.43. The van der Waals surface area contributed by atoms with Gasteiger partial charge in [0.05, 0.1) is 5.25 Å². The molecule has 1 heterocycles. The maximum Gasteiger partial charge on any atom is 0.237 e. The molecule has 2 rings (SSSR count). The van der Waals surface area contributed by atoms with Gasteiger partial charge in [0.2, 0.25) is 11.0 Å². The average Bonchev–Trinajstić information content (AvgIpc) is 2.87. The molecule has 1 aromatic heterocycles. The minimum absolute atomic E-state index is 0.0441. The van der Waals surface area contributed by atoms with Gasteiger partial charge in [-0.25, -0.2) is 0 Å². The molecule has 19 heavy (non-hydrogen) atoms. The molecule has 0 saturated carbocycles. The van der Waals surface area contributed by atoms with Crippen molar-refractivity contribution in [1.29, 1.82) is 0 Å². The lowest BCUT2D eigenvalue weighted by atomic mass is 10.3. The van der Waals surface area contributed by atoms with Gasteiger partial charge < -0.3 is 10.6 Å². The number of carbonyl (C=O) groups excluding carboxylic acids is 1. The maximum absolute atomic E-state index is 12.0. The zero-order chi connectivity index (χ0) is 13.7. The van der Waals surface area contributed by atoms with Crippen LogP contribution in [0.1, 0.15) is 6.92 Å². The normalized spacial score (nSPS) is 11.9. The number of nitrogens with one attached hydrogen (secondary N) is 2. The summed E-state index contributed by atoms with van der Waals surface area (Å²) in [5.74, 6) is -0.0441. The van der Waals surface area contributed by atoms with E-state index in [2.05, 4.69) is 20.8 Å². The topological polar surface area (TPSA) is 66.9 Å². The highest BCUT2D eigenvalue weighted by atomic mass is 32.2. The SMILES string of the molecule is CNc1nnc(SC(C)C(=O)Nc2ccccc2)s1. The van der Waals surface area contributed by atoms with Gasteiger partial charge in [-0.1, -0.05) is 41.3 Å². The Morgan fingerprint density at radius 2 is 2.05 bits per heavy atom. The maximum atomic E-state index is 12.0. The summed E-state index contributed by atoms with van der Waals surface area (Å²) in [6.07, 6.45) is 0. The van der Waals surface area contributed by atoms with Crippen LogP contribution in [0.4, 0.5) is 10.8 Å². The van der Waals surface area contributed by atoms with Crippen LogP contribution in [0.25, 0.3) is 0 Å². The van der Waals surface area contributed by atoms with Crippen LogP contribution in [0.2, 0.25) is 0 Å². The van der Waals surface area contributed by atoms with Gasteiger partial charge in [0.1, 0.15) is 0 Å². The number of hydrogen-bond donors (Lipinski definition) is 2. The average molecular weight is 294 g/mol. The van der Waals surface area contributed by atoms with E-state index in [0.717, 1.165) is 15.2 Å². The number of para-hydroxylation sites is 1. The molecule has 1 aromatic carbocycles. The molecule has 2 N–H and O–H groups in total. The Hall–Kier alpha value is -1.60. The molecule has 1 unspecified atom stereocenters. The van der Waals surface area contributed by atoms with Crippen LogP contribution in [0, 0.1) is 0 Å². The third kappa shape index (κ3) is 3.93. The van der Waals surface area contributed by atoms with E-state index in [9.17, 15) is 4.79 Å². The number of thioether (sulfide) groups is 1. The van der Waals surface area contributed by atoms with E-state index in [1.54, 1.807) is 7.05 Å². The standard InChI is InChI=1S/C12H14N4OS2/c1-8(18-12-16-15-11(13-2)19-12)10(17)14-9-6-4-3-5-7-9/h3-8H,1-2H3,(H,13,15)(H,14,17). The largest absolute Gasteiger partial charge is 0.363 e. The van der Waals surface area contributed by atoms with Crippen LogP contribution in [0.15, 0.2) is 34.7 Å². The first-order valence-corrected chi connectivity index (χ1v) is 7.42. The molecule has 7 heteroatoms. The molecular weight excluding hydrogens is 280 g/mol. The van der Waals surface area contributed by atoms with Crippen molar-refractivity contribution in [3.63, 3.8) is 0 Å². The van der Waals surface area contributed by atoms with Crippen molar-refractivity contribution in [2.24, 2.45) is 0 Å². The van der Waals surface area contributed by atoms with Gasteiger partial charge in [-0.3, -0.25) is 4.79 Å². The van der Waals surface area contributed by atoms with Crippen LogP contribution < -0.4 is 10.6 Å². The molecule has 1 amide bonds. The highest BCUT2D eigenvalue weighted by molar-refractivity contribution is 8.02. The number of rotatable bonds is 5. The monoisotopic (exact) mass is 294 g/mol. The Balaban J connectivity index is 1.92. The Kier molecular flexibility index (Phi) is 4.75. The number of carbonyl (C=O) groups is 1. The lowest BCUT2D eigenvalue weighted by Crippen LogP contribution is -2.22.